The maximum Gasteiger partial charge on any atom is 0.313 e. The van der Waals surface area contributed by atoms with Crippen LogP contribution in [0.1, 0.15) is 18.9 Å². The van der Waals surface area contributed by atoms with Crippen molar-refractivity contribution in [3.05, 3.63) is 17.5 Å². The Bertz CT molecular complexity index is 787. The van der Waals surface area contributed by atoms with Gasteiger partial charge in [0, 0.05) is 15.4 Å². The fraction of sp³-hybridized carbons (Fsp3) is 0.308. The van der Waals surface area contributed by atoms with E-state index >= 15 is 0 Å². The largest absolute Gasteiger partial charge is 0.481 e. The number of carboxylic acids is 1. The van der Waals surface area contributed by atoms with Gasteiger partial charge in [-0.05, 0) is 30.4 Å². The topological polar surface area (TPSA) is 68.0 Å². The van der Waals surface area contributed by atoms with Gasteiger partial charge in [-0.15, -0.1) is 32.9 Å². The van der Waals surface area contributed by atoms with E-state index in [1.165, 1.54) is 21.2 Å². The van der Waals surface area contributed by atoms with Crippen LogP contribution in [0.5, 0.6) is 0 Å². The molecule has 0 bridgehead atoms. The fourth-order valence-electron chi connectivity index (χ4n) is 2.21. The Hall–Kier alpha value is -1.38. The van der Waals surface area contributed by atoms with Gasteiger partial charge in [0.25, 0.3) is 0 Å². The Kier molecular flexibility index (Phi) is 3.24. The van der Waals surface area contributed by atoms with Crippen LogP contribution in [0.2, 0.25) is 0 Å². The number of aliphatic carboxylic acids is 1. The first-order valence-corrected chi connectivity index (χ1v) is 9.17. The molecule has 0 aromatic carbocycles. The van der Waals surface area contributed by atoms with Crippen molar-refractivity contribution in [1.29, 1.82) is 0 Å². The molecule has 3 aromatic heterocycles. The molecular formula is C13H11N3O2S3. The van der Waals surface area contributed by atoms with Crippen molar-refractivity contribution in [1.82, 2.24) is 14.8 Å². The molecule has 0 saturated heterocycles. The molecule has 8 heteroatoms. The van der Waals surface area contributed by atoms with Gasteiger partial charge in [-0.25, -0.2) is 0 Å². The van der Waals surface area contributed by atoms with Crippen LogP contribution in [-0.2, 0) is 4.79 Å². The Morgan fingerprint density at radius 2 is 2.29 bits per heavy atom. The second kappa shape index (κ2) is 5.11. The monoisotopic (exact) mass is 337 g/mol. The average molecular weight is 337 g/mol. The van der Waals surface area contributed by atoms with Gasteiger partial charge in [0.05, 0.1) is 10.6 Å². The van der Waals surface area contributed by atoms with Crippen molar-refractivity contribution in [2.75, 3.05) is 5.75 Å². The van der Waals surface area contributed by atoms with Crippen molar-refractivity contribution >= 4 is 49.8 Å². The summed E-state index contributed by atoms with van der Waals surface area (Å²) in [6.45, 7) is 0. The Morgan fingerprint density at radius 3 is 3.00 bits per heavy atom. The molecule has 1 aliphatic rings. The number of carboxylic acid groups (broad SMARTS) is 1. The van der Waals surface area contributed by atoms with Crippen molar-refractivity contribution in [3.63, 3.8) is 0 Å². The lowest BCUT2D eigenvalue weighted by atomic mass is 10.4. The fourth-order valence-corrected chi connectivity index (χ4v) is 5.02. The first kappa shape index (κ1) is 13.3. The summed E-state index contributed by atoms with van der Waals surface area (Å²) in [5.74, 6) is 0.0621. The predicted octanol–water partition coefficient (Wildman–Crippen LogP) is 3.73. The van der Waals surface area contributed by atoms with Crippen LogP contribution in [0.3, 0.4) is 0 Å². The summed E-state index contributed by atoms with van der Waals surface area (Å²) in [5.41, 5.74) is 0. The van der Waals surface area contributed by atoms with E-state index < -0.39 is 5.97 Å². The van der Waals surface area contributed by atoms with Crippen LogP contribution in [-0.4, -0.2) is 31.6 Å². The maximum absolute atomic E-state index is 10.8. The predicted molar refractivity (Wildman–Crippen MR) is 85.3 cm³/mol. The SMILES string of the molecule is O=C(O)CSc1nnc(-c2cc3sccc3s2)n1C1CC1. The highest BCUT2D eigenvalue weighted by Crippen LogP contribution is 2.43. The van der Waals surface area contributed by atoms with E-state index in [4.69, 9.17) is 5.11 Å². The second-order valence-corrected chi connectivity index (χ2v) is 7.82. The van der Waals surface area contributed by atoms with Crippen molar-refractivity contribution in [2.45, 2.75) is 24.0 Å². The number of aromatic nitrogens is 3. The highest BCUT2D eigenvalue weighted by molar-refractivity contribution is 7.99. The molecule has 3 heterocycles. The molecule has 0 spiro atoms. The smallest absolute Gasteiger partial charge is 0.313 e. The van der Waals surface area contributed by atoms with Gasteiger partial charge in [-0.3, -0.25) is 9.36 Å². The van der Waals surface area contributed by atoms with Gasteiger partial charge in [0.15, 0.2) is 11.0 Å². The van der Waals surface area contributed by atoms with E-state index in [1.54, 1.807) is 22.7 Å². The lowest BCUT2D eigenvalue weighted by Crippen LogP contribution is -2.02. The number of thiophene rings is 2. The molecule has 5 nitrogen and oxygen atoms in total. The van der Waals surface area contributed by atoms with E-state index in [2.05, 4.69) is 32.3 Å². The van der Waals surface area contributed by atoms with E-state index in [1.807, 2.05) is 0 Å². The number of nitrogens with zero attached hydrogens (tertiary/aromatic N) is 3. The second-order valence-electron chi connectivity index (χ2n) is 4.85. The molecule has 3 aromatic rings. The molecule has 0 unspecified atom stereocenters. The molecule has 21 heavy (non-hydrogen) atoms. The minimum absolute atomic E-state index is 0.0182. The molecule has 0 atom stereocenters. The van der Waals surface area contributed by atoms with Crippen molar-refractivity contribution < 1.29 is 9.90 Å². The van der Waals surface area contributed by atoms with Gasteiger partial charge >= 0.3 is 5.97 Å². The lowest BCUT2D eigenvalue weighted by Gasteiger charge is -2.06. The Balaban J connectivity index is 1.74. The molecule has 0 radical (unpaired) electrons. The number of thioether (sulfide) groups is 1. The summed E-state index contributed by atoms with van der Waals surface area (Å²) in [7, 11) is 0. The first-order chi connectivity index (χ1) is 10.2. The van der Waals surface area contributed by atoms with Gasteiger partial charge in [0.2, 0.25) is 0 Å². The van der Waals surface area contributed by atoms with Gasteiger partial charge in [-0.1, -0.05) is 11.8 Å². The van der Waals surface area contributed by atoms with Crippen LogP contribution in [0.15, 0.2) is 22.7 Å². The van der Waals surface area contributed by atoms with E-state index in [9.17, 15) is 4.79 Å². The minimum Gasteiger partial charge on any atom is -0.481 e. The van der Waals surface area contributed by atoms with Crippen LogP contribution >= 0.6 is 34.4 Å². The van der Waals surface area contributed by atoms with E-state index in [0.717, 1.165) is 23.5 Å². The molecule has 1 fully saturated rings. The minimum atomic E-state index is -0.830. The molecule has 1 aliphatic carbocycles. The third kappa shape index (κ3) is 2.47. The number of hydrogen-bond donors (Lipinski definition) is 1. The normalized spacial score (nSPS) is 14.9. The van der Waals surface area contributed by atoms with Crippen LogP contribution in [0, 0.1) is 0 Å². The number of carbonyl (C=O) groups is 1. The molecule has 0 aliphatic heterocycles. The standard InChI is InChI=1S/C13H11N3O2S3/c17-11(18)6-20-13-15-14-12(16(13)7-1-2-7)10-5-9-8(21-10)3-4-19-9/h3-5,7H,1-2,6H2,(H,17,18). The van der Waals surface area contributed by atoms with Crippen LogP contribution in [0.4, 0.5) is 0 Å². The molecule has 0 amide bonds. The van der Waals surface area contributed by atoms with Gasteiger partial charge in [0.1, 0.15) is 0 Å². The molecule has 1 N–H and O–H groups in total. The molecule has 4 rings (SSSR count). The van der Waals surface area contributed by atoms with Crippen LogP contribution in [0.25, 0.3) is 20.1 Å². The number of fused-ring (bicyclic) bond motifs is 1. The van der Waals surface area contributed by atoms with Crippen LogP contribution < -0.4 is 0 Å². The van der Waals surface area contributed by atoms with Gasteiger partial charge in [-0.2, -0.15) is 0 Å². The van der Waals surface area contributed by atoms with E-state index in [0.29, 0.717) is 11.2 Å². The van der Waals surface area contributed by atoms with E-state index in [-0.39, 0.29) is 5.75 Å². The zero-order chi connectivity index (χ0) is 14.4. The maximum atomic E-state index is 10.8. The summed E-state index contributed by atoms with van der Waals surface area (Å²) >= 11 is 4.68. The highest BCUT2D eigenvalue weighted by Gasteiger charge is 2.30. The summed E-state index contributed by atoms with van der Waals surface area (Å²) in [6, 6.07) is 4.69. The average Bonchev–Trinajstić information content (AvgIpc) is 2.87. The third-order valence-electron chi connectivity index (χ3n) is 3.26. The Morgan fingerprint density at radius 1 is 1.43 bits per heavy atom. The quantitative estimate of drug-likeness (QED) is 0.719. The summed E-state index contributed by atoms with van der Waals surface area (Å²) in [4.78, 5) is 11.9. The summed E-state index contributed by atoms with van der Waals surface area (Å²) in [6.07, 6.45) is 2.23. The lowest BCUT2D eigenvalue weighted by molar-refractivity contribution is -0.133. The molecule has 1 saturated carbocycles. The zero-order valence-electron chi connectivity index (χ0n) is 10.9. The highest BCUT2D eigenvalue weighted by atomic mass is 32.2. The van der Waals surface area contributed by atoms with Crippen molar-refractivity contribution in [2.24, 2.45) is 0 Å². The zero-order valence-corrected chi connectivity index (χ0v) is 13.3. The Labute approximate surface area is 132 Å². The van der Waals surface area contributed by atoms with Gasteiger partial charge < -0.3 is 5.11 Å². The number of rotatable bonds is 5. The summed E-state index contributed by atoms with van der Waals surface area (Å²) in [5, 5.41) is 20.2. The molecular weight excluding hydrogens is 326 g/mol. The number of hydrogen-bond acceptors (Lipinski definition) is 6. The third-order valence-corrected chi connectivity index (χ3v) is 6.28. The summed E-state index contributed by atoms with van der Waals surface area (Å²) < 4.78 is 4.64. The molecule has 108 valence electrons. The van der Waals surface area contributed by atoms with Crippen molar-refractivity contribution in [3.8, 4) is 10.7 Å². The first-order valence-electron chi connectivity index (χ1n) is 6.49.